The van der Waals surface area contributed by atoms with E-state index in [1.807, 2.05) is 12.1 Å². The van der Waals surface area contributed by atoms with Crippen LogP contribution in [0, 0.1) is 0 Å². The number of amides is 1. The monoisotopic (exact) mass is 429 g/mol. The zero-order valence-corrected chi connectivity index (χ0v) is 16.9. The number of fused-ring (bicyclic) bond motifs is 2. The minimum atomic E-state index is -0.564. The molecule has 2 heterocycles. The third kappa shape index (κ3) is 4.38. The molecular weight excluding hydrogens is 414 g/mol. The highest BCUT2D eigenvalue weighted by atomic mass is 35.5. The fourth-order valence-corrected chi connectivity index (χ4v) is 3.93. The van der Waals surface area contributed by atoms with Crippen molar-refractivity contribution >= 4 is 57.1 Å². The summed E-state index contributed by atoms with van der Waals surface area (Å²) in [6, 6.07) is 12.1. The summed E-state index contributed by atoms with van der Waals surface area (Å²) in [6.45, 7) is 1.99. The summed E-state index contributed by atoms with van der Waals surface area (Å²) < 4.78 is 10.2. The first kappa shape index (κ1) is 19.4. The van der Waals surface area contributed by atoms with Crippen LogP contribution in [0.3, 0.4) is 0 Å². The SMILES string of the molecule is CCOC(=O)Nc1ccc2c(CSc3nc4ccc(Cl)cc4[nH]3)cc(=O)oc2c1. The van der Waals surface area contributed by atoms with Gasteiger partial charge in [-0.25, -0.2) is 14.6 Å². The van der Waals surface area contributed by atoms with Crippen molar-refractivity contribution in [3.63, 3.8) is 0 Å². The second-order valence-electron chi connectivity index (χ2n) is 6.14. The second kappa shape index (κ2) is 8.18. The van der Waals surface area contributed by atoms with Crippen LogP contribution < -0.4 is 10.9 Å². The molecule has 0 aliphatic heterocycles. The van der Waals surface area contributed by atoms with Crippen LogP contribution in [0.1, 0.15) is 12.5 Å². The van der Waals surface area contributed by atoms with Gasteiger partial charge in [-0.1, -0.05) is 23.4 Å². The lowest BCUT2D eigenvalue weighted by Gasteiger charge is -2.08. The summed E-state index contributed by atoms with van der Waals surface area (Å²) in [5, 5.41) is 4.74. The van der Waals surface area contributed by atoms with Crippen LogP contribution in [0.5, 0.6) is 0 Å². The number of carbonyl (C=O) groups excluding carboxylic acids is 1. The molecule has 0 aliphatic rings. The van der Waals surface area contributed by atoms with Gasteiger partial charge < -0.3 is 14.1 Å². The summed E-state index contributed by atoms with van der Waals surface area (Å²) in [5.41, 5.74) is 2.90. The van der Waals surface area contributed by atoms with Gasteiger partial charge in [0.15, 0.2) is 5.16 Å². The van der Waals surface area contributed by atoms with Crippen molar-refractivity contribution in [2.75, 3.05) is 11.9 Å². The van der Waals surface area contributed by atoms with Gasteiger partial charge in [0, 0.05) is 34.0 Å². The molecule has 0 unspecified atom stereocenters. The molecule has 4 aromatic rings. The summed E-state index contributed by atoms with van der Waals surface area (Å²) in [7, 11) is 0. The van der Waals surface area contributed by atoms with Gasteiger partial charge in [-0.2, -0.15) is 0 Å². The number of benzene rings is 2. The zero-order valence-electron chi connectivity index (χ0n) is 15.3. The van der Waals surface area contributed by atoms with Gasteiger partial charge in [0.1, 0.15) is 5.58 Å². The summed E-state index contributed by atoms with van der Waals surface area (Å²) >= 11 is 7.48. The van der Waals surface area contributed by atoms with Gasteiger partial charge in [-0.05, 0) is 42.8 Å². The van der Waals surface area contributed by atoms with E-state index < -0.39 is 11.7 Å². The third-order valence-corrected chi connectivity index (χ3v) is 5.30. The molecule has 0 spiro atoms. The summed E-state index contributed by atoms with van der Waals surface area (Å²) in [6.07, 6.45) is -0.564. The van der Waals surface area contributed by atoms with Gasteiger partial charge in [0.25, 0.3) is 0 Å². The number of rotatable bonds is 5. The number of ether oxygens (including phenoxy) is 1. The van der Waals surface area contributed by atoms with Crippen molar-refractivity contribution in [2.45, 2.75) is 17.8 Å². The Morgan fingerprint density at radius 1 is 1.28 bits per heavy atom. The molecular formula is C20H16ClN3O4S. The van der Waals surface area contributed by atoms with Crippen LogP contribution in [0.2, 0.25) is 5.02 Å². The van der Waals surface area contributed by atoms with E-state index in [1.54, 1.807) is 31.2 Å². The van der Waals surface area contributed by atoms with Crippen LogP contribution >= 0.6 is 23.4 Å². The van der Waals surface area contributed by atoms with Gasteiger partial charge >= 0.3 is 11.7 Å². The number of aromatic nitrogens is 2. The maximum atomic E-state index is 12.0. The number of halogens is 1. The Morgan fingerprint density at radius 3 is 2.97 bits per heavy atom. The maximum Gasteiger partial charge on any atom is 0.411 e. The lowest BCUT2D eigenvalue weighted by molar-refractivity contribution is 0.168. The van der Waals surface area contributed by atoms with Crippen molar-refractivity contribution in [3.05, 3.63) is 63.5 Å². The highest BCUT2D eigenvalue weighted by Crippen LogP contribution is 2.28. The van der Waals surface area contributed by atoms with Gasteiger partial charge in [-0.3, -0.25) is 5.32 Å². The summed E-state index contributed by atoms with van der Waals surface area (Å²) in [4.78, 5) is 31.3. The Morgan fingerprint density at radius 2 is 2.14 bits per heavy atom. The van der Waals surface area contributed by atoms with Crippen molar-refractivity contribution in [3.8, 4) is 0 Å². The molecule has 0 radical (unpaired) electrons. The molecule has 0 atom stereocenters. The molecule has 7 nitrogen and oxygen atoms in total. The Bertz CT molecular complexity index is 1270. The van der Waals surface area contributed by atoms with Crippen LogP contribution in [0.15, 0.2) is 56.8 Å². The molecule has 0 saturated carbocycles. The number of carbonyl (C=O) groups is 1. The lowest BCUT2D eigenvalue weighted by atomic mass is 10.1. The van der Waals surface area contributed by atoms with E-state index in [4.69, 9.17) is 20.8 Å². The van der Waals surface area contributed by atoms with Crippen molar-refractivity contribution in [1.82, 2.24) is 9.97 Å². The Balaban J connectivity index is 1.59. The predicted octanol–water partition coefficient (Wildman–Crippen LogP) is 5.18. The van der Waals surface area contributed by atoms with Crippen molar-refractivity contribution in [2.24, 2.45) is 0 Å². The number of nitrogens with zero attached hydrogens (tertiary/aromatic N) is 1. The van der Waals surface area contributed by atoms with E-state index >= 15 is 0 Å². The third-order valence-electron chi connectivity index (χ3n) is 4.14. The minimum Gasteiger partial charge on any atom is -0.450 e. The normalized spacial score (nSPS) is 11.1. The summed E-state index contributed by atoms with van der Waals surface area (Å²) in [5.74, 6) is 0.514. The van der Waals surface area contributed by atoms with Crippen LogP contribution in [-0.4, -0.2) is 22.7 Å². The zero-order chi connectivity index (χ0) is 20.4. The molecule has 0 fully saturated rings. The fraction of sp³-hybridized carbons (Fsp3) is 0.150. The van der Waals surface area contributed by atoms with E-state index in [2.05, 4.69) is 15.3 Å². The first-order valence-electron chi connectivity index (χ1n) is 8.80. The van der Waals surface area contributed by atoms with Crippen LogP contribution in [0.4, 0.5) is 10.5 Å². The quantitative estimate of drug-likeness (QED) is 0.335. The number of anilines is 1. The number of aromatic amines is 1. The highest BCUT2D eigenvalue weighted by molar-refractivity contribution is 7.98. The topological polar surface area (TPSA) is 97.2 Å². The molecule has 2 N–H and O–H groups in total. The number of thioether (sulfide) groups is 1. The number of hydrogen-bond acceptors (Lipinski definition) is 6. The van der Waals surface area contributed by atoms with Crippen LogP contribution in [-0.2, 0) is 10.5 Å². The number of hydrogen-bond donors (Lipinski definition) is 2. The second-order valence-corrected chi connectivity index (χ2v) is 7.54. The van der Waals surface area contributed by atoms with Gasteiger partial charge in [-0.15, -0.1) is 0 Å². The average molecular weight is 430 g/mol. The van der Waals surface area contributed by atoms with Crippen LogP contribution in [0.25, 0.3) is 22.0 Å². The molecule has 29 heavy (non-hydrogen) atoms. The predicted molar refractivity (Wildman–Crippen MR) is 114 cm³/mol. The van der Waals surface area contributed by atoms with E-state index in [-0.39, 0.29) is 6.61 Å². The maximum absolute atomic E-state index is 12.0. The molecule has 9 heteroatoms. The Labute approximate surface area is 174 Å². The van der Waals surface area contributed by atoms with E-state index in [9.17, 15) is 9.59 Å². The number of imidazole rings is 1. The van der Waals surface area contributed by atoms with E-state index in [1.165, 1.54) is 17.8 Å². The van der Waals surface area contributed by atoms with Gasteiger partial charge in [0.05, 0.1) is 17.6 Å². The van der Waals surface area contributed by atoms with E-state index in [0.29, 0.717) is 22.0 Å². The van der Waals surface area contributed by atoms with Crippen molar-refractivity contribution < 1.29 is 13.9 Å². The van der Waals surface area contributed by atoms with E-state index in [0.717, 1.165) is 27.1 Å². The smallest absolute Gasteiger partial charge is 0.411 e. The molecule has 2 aromatic heterocycles. The lowest BCUT2D eigenvalue weighted by Crippen LogP contribution is -2.13. The minimum absolute atomic E-state index is 0.268. The fourth-order valence-electron chi connectivity index (χ4n) is 2.89. The Hall–Kier alpha value is -2.97. The first-order valence-corrected chi connectivity index (χ1v) is 10.2. The number of nitrogens with one attached hydrogen (secondary N) is 2. The molecule has 0 bridgehead atoms. The number of H-pyrrole nitrogens is 1. The molecule has 1 amide bonds. The molecule has 148 valence electrons. The molecule has 0 aliphatic carbocycles. The Kier molecular flexibility index (Phi) is 5.46. The first-order chi connectivity index (χ1) is 14.0. The standard InChI is InChI=1S/C20H16ClN3O4S/c1-2-27-20(26)22-13-4-5-14-11(7-18(25)28-17(14)9-13)10-29-19-23-15-6-3-12(21)8-16(15)24-19/h3-9H,2,10H2,1H3,(H,22,26)(H,23,24). The van der Waals surface area contributed by atoms with Crippen molar-refractivity contribution in [1.29, 1.82) is 0 Å². The highest BCUT2D eigenvalue weighted by Gasteiger charge is 2.11. The van der Waals surface area contributed by atoms with Gasteiger partial charge in [0.2, 0.25) is 0 Å². The molecule has 2 aromatic carbocycles. The largest absolute Gasteiger partial charge is 0.450 e. The molecule has 0 saturated heterocycles. The molecule has 4 rings (SSSR count). The average Bonchev–Trinajstić information content (AvgIpc) is 3.07.